The van der Waals surface area contributed by atoms with Crippen molar-refractivity contribution in [2.75, 3.05) is 19.6 Å². The van der Waals surface area contributed by atoms with Crippen molar-refractivity contribution >= 4 is 38.6 Å². The number of methoxy groups -OCH3 is 1. The number of nitrogens with zero attached hydrogens (tertiary/aromatic N) is 2. The summed E-state index contributed by atoms with van der Waals surface area (Å²) in [7, 11) is 1.74. The van der Waals surface area contributed by atoms with Crippen LogP contribution in [0.5, 0.6) is 0 Å². The molecule has 0 atom stereocenters. The Hall–Kier alpha value is -0.580. The fourth-order valence-electron chi connectivity index (χ4n) is 2.19. The van der Waals surface area contributed by atoms with E-state index >= 15 is 0 Å². The van der Waals surface area contributed by atoms with Crippen LogP contribution in [0.2, 0.25) is 0 Å². The summed E-state index contributed by atoms with van der Waals surface area (Å²) in [6.45, 7) is 1.77. The molecule has 19 heavy (non-hydrogen) atoms. The van der Waals surface area contributed by atoms with Gasteiger partial charge in [0.05, 0.1) is 11.0 Å². The molecular formula is C14H18BrClN2O. The minimum absolute atomic E-state index is 0.600. The molecule has 0 aliphatic heterocycles. The van der Waals surface area contributed by atoms with Gasteiger partial charge in [-0.15, -0.1) is 11.6 Å². The summed E-state index contributed by atoms with van der Waals surface area (Å²) in [5.41, 5.74) is 2.21. The topological polar surface area (TPSA) is 27.1 Å². The van der Waals surface area contributed by atoms with Gasteiger partial charge in [0.2, 0.25) is 0 Å². The Bertz CT molecular complexity index is 541. The van der Waals surface area contributed by atoms with Crippen LogP contribution in [-0.2, 0) is 17.7 Å². The highest BCUT2D eigenvalue weighted by molar-refractivity contribution is 9.10. The number of rotatable bonds is 7. The van der Waals surface area contributed by atoms with Gasteiger partial charge in [0.25, 0.3) is 0 Å². The lowest BCUT2D eigenvalue weighted by Gasteiger charge is -2.08. The van der Waals surface area contributed by atoms with E-state index in [4.69, 9.17) is 16.3 Å². The molecule has 0 spiro atoms. The fraction of sp³-hybridized carbons (Fsp3) is 0.500. The third-order valence-corrected chi connectivity index (χ3v) is 3.77. The number of hydrogen-bond acceptors (Lipinski definition) is 2. The molecule has 2 rings (SSSR count). The Labute approximate surface area is 127 Å². The summed E-state index contributed by atoms with van der Waals surface area (Å²) in [6.07, 6.45) is 2.95. The van der Waals surface area contributed by atoms with Gasteiger partial charge in [-0.25, -0.2) is 4.98 Å². The van der Waals surface area contributed by atoms with Gasteiger partial charge < -0.3 is 9.30 Å². The summed E-state index contributed by atoms with van der Waals surface area (Å²) < 4.78 is 8.45. The zero-order valence-corrected chi connectivity index (χ0v) is 13.4. The molecule has 3 nitrogen and oxygen atoms in total. The van der Waals surface area contributed by atoms with Gasteiger partial charge >= 0.3 is 0 Å². The molecule has 104 valence electrons. The SMILES string of the molecule is COCCCCn1c(CCCl)nc2ccc(Br)cc21. The van der Waals surface area contributed by atoms with Crippen LogP contribution in [-0.4, -0.2) is 29.1 Å². The van der Waals surface area contributed by atoms with Crippen molar-refractivity contribution in [2.45, 2.75) is 25.8 Å². The van der Waals surface area contributed by atoms with E-state index in [1.165, 1.54) is 5.52 Å². The molecule has 0 amide bonds. The van der Waals surface area contributed by atoms with E-state index in [-0.39, 0.29) is 0 Å². The molecular weight excluding hydrogens is 328 g/mol. The van der Waals surface area contributed by atoms with Crippen LogP contribution < -0.4 is 0 Å². The molecule has 0 unspecified atom stereocenters. The second-order valence-electron chi connectivity index (χ2n) is 4.45. The first-order valence-corrected chi connectivity index (χ1v) is 7.78. The first-order valence-electron chi connectivity index (χ1n) is 6.46. The van der Waals surface area contributed by atoms with E-state index in [0.717, 1.165) is 48.2 Å². The van der Waals surface area contributed by atoms with Crippen LogP contribution in [0, 0.1) is 0 Å². The lowest BCUT2D eigenvalue weighted by Crippen LogP contribution is -2.05. The Kier molecular flexibility index (Phi) is 5.67. The number of aryl methyl sites for hydroxylation is 2. The van der Waals surface area contributed by atoms with Gasteiger partial charge in [0.1, 0.15) is 5.82 Å². The van der Waals surface area contributed by atoms with Crippen LogP contribution in [0.1, 0.15) is 18.7 Å². The highest BCUT2D eigenvalue weighted by Crippen LogP contribution is 2.22. The fourth-order valence-corrected chi connectivity index (χ4v) is 2.70. The molecule has 5 heteroatoms. The Balaban J connectivity index is 2.25. The standard InChI is InChI=1S/C14H18BrClN2O/c1-19-9-3-2-8-18-13-10-11(15)4-5-12(13)17-14(18)6-7-16/h4-5,10H,2-3,6-9H2,1H3. The van der Waals surface area contributed by atoms with Crippen LogP contribution >= 0.6 is 27.5 Å². The molecule has 0 aliphatic carbocycles. The van der Waals surface area contributed by atoms with Gasteiger partial charge in [-0.05, 0) is 31.0 Å². The van der Waals surface area contributed by atoms with Crippen molar-refractivity contribution in [1.29, 1.82) is 0 Å². The molecule has 0 N–H and O–H groups in total. The van der Waals surface area contributed by atoms with Crippen molar-refractivity contribution in [3.05, 3.63) is 28.5 Å². The number of hydrogen-bond donors (Lipinski definition) is 0. The molecule has 0 saturated carbocycles. The molecule has 1 aromatic carbocycles. The third kappa shape index (κ3) is 3.71. The third-order valence-electron chi connectivity index (χ3n) is 3.09. The summed E-state index contributed by atoms with van der Waals surface area (Å²) in [4.78, 5) is 4.67. The lowest BCUT2D eigenvalue weighted by molar-refractivity contribution is 0.191. The van der Waals surface area contributed by atoms with Gasteiger partial charge in [-0.3, -0.25) is 0 Å². The number of ether oxygens (including phenoxy) is 1. The van der Waals surface area contributed by atoms with E-state index in [1.807, 2.05) is 12.1 Å². The van der Waals surface area contributed by atoms with Crippen molar-refractivity contribution in [1.82, 2.24) is 9.55 Å². The predicted octanol–water partition coefficient (Wildman–Crippen LogP) is 4.01. The van der Waals surface area contributed by atoms with Crippen LogP contribution in [0.25, 0.3) is 11.0 Å². The van der Waals surface area contributed by atoms with E-state index in [0.29, 0.717) is 5.88 Å². The van der Waals surface area contributed by atoms with Gasteiger partial charge in [-0.2, -0.15) is 0 Å². The number of unbranched alkanes of at least 4 members (excludes halogenated alkanes) is 1. The number of aromatic nitrogens is 2. The van der Waals surface area contributed by atoms with E-state index < -0.39 is 0 Å². The number of halogens is 2. The van der Waals surface area contributed by atoms with Gasteiger partial charge in [-0.1, -0.05) is 15.9 Å². The lowest BCUT2D eigenvalue weighted by atomic mass is 10.3. The Morgan fingerprint density at radius 1 is 1.37 bits per heavy atom. The molecule has 0 aliphatic rings. The average molecular weight is 346 g/mol. The maximum atomic E-state index is 5.87. The summed E-state index contributed by atoms with van der Waals surface area (Å²) >= 11 is 9.39. The minimum Gasteiger partial charge on any atom is -0.385 e. The van der Waals surface area contributed by atoms with Crippen LogP contribution in [0.3, 0.4) is 0 Å². The first kappa shape index (κ1) is 14.8. The summed E-state index contributed by atoms with van der Waals surface area (Å²) in [5, 5.41) is 0. The highest BCUT2D eigenvalue weighted by atomic mass is 79.9. The summed E-state index contributed by atoms with van der Waals surface area (Å²) in [6, 6.07) is 6.19. The molecule has 0 bridgehead atoms. The maximum Gasteiger partial charge on any atom is 0.111 e. The number of alkyl halides is 1. The van der Waals surface area contributed by atoms with Crippen molar-refractivity contribution < 1.29 is 4.74 Å². The zero-order chi connectivity index (χ0) is 13.7. The maximum absolute atomic E-state index is 5.87. The highest BCUT2D eigenvalue weighted by Gasteiger charge is 2.10. The molecule has 1 aromatic heterocycles. The normalized spacial score (nSPS) is 11.3. The second-order valence-corrected chi connectivity index (χ2v) is 5.75. The number of fused-ring (bicyclic) bond motifs is 1. The number of benzene rings is 1. The van der Waals surface area contributed by atoms with Gasteiger partial charge in [0, 0.05) is 37.0 Å². The molecule has 0 saturated heterocycles. The first-order chi connectivity index (χ1) is 9.26. The average Bonchev–Trinajstić information content (AvgIpc) is 2.73. The zero-order valence-electron chi connectivity index (χ0n) is 11.0. The van der Waals surface area contributed by atoms with Crippen molar-refractivity contribution in [2.24, 2.45) is 0 Å². The Morgan fingerprint density at radius 2 is 2.21 bits per heavy atom. The quantitative estimate of drug-likeness (QED) is 0.560. The molecule has 2 aromatic rings. The Morgan fingerprint density at radius 3 is 2.95 bits per heavy atom. The molecule has 0 fully saturated rings. The summed E-state index contributed by atoms with van der Waals surface area (Å²) in [5.74, 6) is 1.67. The molecule has 1 heterocycles. The van der Waals surface area contributed by atoms with Crippen LogP contribution in [0.15, 0.2) is 22.7 Å². The van der Waals surface area contributed by atoms with E-state index in [9.17, 15) is 0 Å². The smallest absolute Gasteiger partial charge is 0.111 e. The van der Waals surface area contributed by atoms with Crippen LogP contribution in [0.4, 0.5) is 0 Å². The number of imidazole rings is 1. The monoisotopic (exact) mass is 344 g/mol. The van der Waals surface area contributed by atoms with Crippen molar-refractivity contribution in [3.63, 3.8) is 0 Å². The van der Waals surface area contributed by atoms with E-state index in [2.05, 4.69) is 31.5 Å². The van der Waals surface area contributed by atoms with Gasteiger partial charge in [0.15, 0.2) is 0 Å². The predicted molar refractivity (Wildman–Crippen MR) is 83.0 cm³/mol. The second kappa shape index (κ2) is 7.27. The van der Waals surface area contributed by atoms with Crippen molar-refractivity contribution in [3.8, 4) is 0 Å². The minimum atomic E-state index is 0.600. The van der Waals surface area contributed by atoms with E-state index in [1.54, 1.807) is 7.11 Å². The largest absolute Gasteiger partial charge is 0.385 e. The molecule has 0 radical (unpaired) electrons.